The van der Waals surface area contributed by atoms with E-state index in [0.717, 1.165) is 12.3 Å². The molecule has 0 bridgehead atoms. The molecule has 1 aromatic carbocycles. The van der Waals surface area contributed by atoms with E-state index in [2.05, 4.69) is 10.3 Å². The Labute approximate surface area is 129 Å². The monoisotopic (exact) mass is 348 g/mol. The van der Waals surface area contributed by atoms with E-state index in [4.69, 9.17) is 22.3 Å². The van der Waals surface area contributed by atoms with Crippen LogP contribution < -0.4 is 5.32 Å². The highest BCUT2D eigenvalue weighted by molar-refractivity contribution is 8.13. The first-order chi connectivity index (χ1) is 9.79. The molecule has 0 unspecified atom stereocenters. The van der Waals surface area contributed by atoms with Crippen LogP contribution in [0, 0.1) is 5.82 Å². The molecular weight excluding hydrogens is 342 g/mol. The number of carbonyl (C=O) groups excluding carboxylic acids is 1. The fourth-order valence-electron chi connectivity index (χ4n) is 1.53. The van der Waals surface area contributed by atoms with Gasteiger partial charge in [-0.1, -0.05) is 11.6 Å². The molecule has 0 spiro atoms. The second-order valence-corrected chi connectivity index (χ2v) is 6.83. The first-order valence-corrected chi connectivity index (χ1v) is 8.13. The molecule has 0 saturated heterocycles. The van der Waals surface area contributed by atoms with Gasteiger partial charge in [-0.25, -0.2) is 12.8 Å². The van der Waals surface area contributed by atoms with E-state index >= 15 is 0 Å². The molecule has 1 N–H and O–H groups in total. The summed E-state index contributed by atoms with van der Waals surface area (Å²) >= 11 is 5.78. The Morgan fingerprint density at radius 3 is 2.57 bits per heavy atom. The third kappa shape index (κ3) is 3.69. The van der Waals surface area contributed by atoms with Gasteiger partial charge in [0.1, 0.15) is 4.90 Å². The van der Waals surface area contributed by atoms with Crippen molar-refractivity contribution >= 4 is 42.9 Å². The fraction of sp³-hybridized carbons (Fsp3) is 0. The van der Waals surface area contributed by atoms with Crippen LogP contribution in [0.25, 0.3) is 0 Å². The van der Waals surface area contributed by atoms with Crippen molar-refractivity contribution in [1.29, 1.82) is 0 Å². The highest BCUT2D eigenvalue weighted by Crippen LogP contribution is 2.27. The largest absolute Gasteiger partial charge is 0.322 e. The third-order valence-corrected chi connectivity index (χ3v) is 4.27. The minimum atomic E-state index is -3.98. The molecule has 0 fully saturated rings. The number of aromatic nitrogens is 1. The van der Waals surface area contributed by atoms with Crippen LogP contribution in [-0.4, -0.2) is 19.3 Å². The van der Waals surface area contributed by atoms with Crippen LogP contribution in [0.4, 0.5) is 10.1 Å². The van der Waals surface area contributed by atoms with Gasteiger partial charge in [0.25, 0.3) is 15.0 Å². The quantitative estimate of drug-likeness (QED) is 0.864. The summed E-state index contributed by atoms with van der Waals surface area (Å²) in [5.41, 5.74) is 0.000410. The van der Waals surface area contributed by atoms with Crippen molar-refractivity contribution in [2.24, 2.45) is 0 Å². The number of anilines is 1. The van der Waals surface area contributed by atoms with Crippen molar-refractivity contribution in [3.05, 3.63) is 53.1 Å². The molecule has 0 radical (unpaired) electrons. The number of halogens is 3. The molecule has 2 aromatic rings. The Bertz CT molecular complexity index is 812. The molecule has 0 saturated carbocycles. The molecule has 0 aliphatic rings. The molecule has 1 aromatic heterocycles. The average Bonchev–Trinajstić information content (AvgIpc) is 2.37. The Kier molecular flexibility index (Phi) is 4.46. The summed E-state index contributed by atoms with van der Waals surface area (Å²) in [6.07, 6.45) is 2.18. The van der Waals surface area contributed by atoms with Crippen LogP contribution in [0.3, 0.4) is 0 Å². The molecule has 0 aliphatic carbocycles. The standard InChI is InChI=1S/C12H7Cl2FN2O3S/c13-9-5-7(1-2-11(9)21(14,19)20)17-12(18)8-3-4-16-6-10(8)15/h1-6H,(H,17,18). The van der Waals surface area contributed by atoms with Crippen molar-refractivity contribution in [2.75, 3.05) is 5.32 Å². The Morgan fingerprint density at radius 2 is 2.00 bits per heavy atom. The van der Waals surface area contributed by atoms with Gasteiger partial charge in [0.05, 0.1) is 16.8 Å². The Morgan fingerprint density at radius 1 is 1.29 bits per heavy atom. The van der Waals surface area contributed by atoms with Gasteiger partial charge in [-0.2, -0.15) is 0 Å². The number of hydrogen-bond acceptors (Lipinski definition) is 4. The van der Waals surface area contributed by atoms with Gasteiger partial charge in [-0.15, -0.1) is 0 Å². The maximum atomic E-state index is 13.4. The van der Waals surface area contributed by atoms with Crippen LogP contribution in [0.15, 0.2) is 41.6 Å². The topological polar surface area (TPSA) is 76.1 Å². The summed E-state index contributed by atoms with van der Waals surface area (Å²) < 4.78 is 35.8. The van der Waals surface area contributed by atoms with Crippen LogP contribution in [0.2, 0.25) is 5.02 Å². The fourth-order valence-corrected chi connectivity index (χ4v) is 3.06. The zero-order valence-corrected chi connectivity index (χ0v) is 12.5. The second kappa shape index (κ2) is 5.97. The lowest BCUT2D eigenvalue weighted by Crippen LogP contribution is -2.14. The van der Waals surface area contributed by atoms with Gasteiger partial charge >= 0.3 is 0 Å². The summed E-state index contributed by atoms with van der Waals surface area (Å²) in [5.74, 6) is -1.49. The summed E-state index contributed by atoms with van der Waals surface area (Å²) in [4.78, 5) is 15.1. The molecule has 110 valence electrons. The van der Waals surface area contributed by atoms with Crippen LogP contribution in [0.5, 0.6) is 0 Å². The summed E-state index contributed by atoms with van der Waals surface area (Å²) in [5, 5.41) is 2.23. The lowest BCUT2D eigenvalue weighted by molar-refractivity contribution is 0.102. The second-order valence-electron chi connectivity index (χ2n) is 3.89. The maximum Gasteiger partial charge on any atom is 0.262 e. The molecule has 1 heterocycles. The highest BCUT2D eigenvalue weighted by atomic mass is 35.7. The SMILES string of the molecule is O=C(Nc1ccc(S(=O)(=O)Cl)c(Cl)c1)c1ccncc1F. The van der Waals surface area contributed by atoms with Crippen molar-refractivity contribution in [2.45, 2.75) is 4.90 Å². The highest BCUT2D eigenvalue weighted by Gasteiger charge is 2.16. The van der Waals surface area contributed by atoms with Crippen LogP contribution in [0.1, 0.15) is 10.4 Å². The van der Waals surface area contributed by atoms with E-state index in [1.165, 1.54) is 24.4 Å². The van der Waals surface area contributed by atoms with Gasteiger partial charge in [-0.05, 0) is 24.3 Å². The van der Waals surface area contributed by atoms with E-state index in [9.17, 15) is 17.6 Å². The third-order valence-electron chi connectivity index (χ3n) is 2.47. The van der Waals surface area contributed by atoms with Gasteiger partial charge in [0, 0.05) is 22.6 Å². The van der Waals surface area contributed by atoms with E-state index in [0.29, 0.717) is 0 Å². The number of hydrogen-bond donors (Lipinski definition) is 1. The van der Waals surface area contributed by atoms with Crippen molar-refractivity contribution in [3.8, 4) is 0 Å². The normalized spacial score (nSPS) is 11.2. The molecule has 1 amide bonds. The lowest BCUT2D eigenvalue weighted by atomic mass is 10.2. The first kappa shape index (κ1) is 15.7. The number of pyridine rings is 1. The number of nitrogens with one attached hydrogen (secondary N) is 1. The van der Waals surface area contributed by atoms with E-state index in [-0.39, 0.29) is 21.2 Å². The van der Waals surface area contributed by atoms with Gasteiger partial charge in [0.15, 0.2) is 5.82 Å². The number of rotatable bonds is 3. The maximum absolute atomic E-state index is 13.4. The number of amides is 1. The van der Waals surface area contributed by atoms with Crippen molar-refractivity contribution in [1.82, 2.24) is 4.98 Å². The van der Waals surface area contributed by atoms with Crippen LogP contribution in [-0.2, 0) is 9.05 Å². The summed E-state index contributed by atoms with van der Waals surface area (Å²) in [6, 6.07) is 4.85. The molecule has 0 atom stereocenters. The first-order valence-electron chi connectivity index (χ1n) is 5.44. The van der Waals surface area contributed by atoms with E-state index in [1.807, 2.05) is 0 Å². The minimum absolute atomic E-state index is 0.155. The number of carbonyl (C=O) groups is 1. The van der Waals surface area contributed by atoms with Crippen molar-refractivity contribution in [3.63, 3.8) is 0 Å². The predicted octanol–water partition coefficient (Wildman–Crippen LogP) is 3.05. The average molecular weight is 349 g/mol. The number of nitrogens with zero attached hydrogens (tertiary/aromatic N) is 1. The smallest absolute Gasteiger partial charge is 0.262 e. The van der Waals surface area contributed by atoms with Gasteiger partial charge in [0.2, 0.25) is 0 Å². The zero-order valence-electron chi connectivity index (χ0n) is 10.2. The van der Waals surface area contributed by atoms with Gasteiger partial charge in [-0.3, -0.25) is 9.78 Å². The predicted molar refractivity (Wildman–Crippen MR) is 76.6 cm³/mol. The van der Waals surface area contributed by atoms with E-state index in [1.54, 1.807) is 0 Å². The molecular formula is C12H7Cl2FN2O3S. The molecule has 5 nitrogen and oxygen atoms in total. The molecule has 9 heteroatoms. The molecule has 2 rings (SSSR count). The minimum Gasteiger partial charge on any atom is -0.322 e. The molecule has 21 heavy (non-hydrogen) atoms. The summed E-state index contributed by atoms with van der Waals surface area (Å²) in [7, 11) is 1.20. The summed E-state index contributed by atoms with van der Waals surface area (Å²) in [6.45, 7) is 0. The van der Waals surface area contributed by atoms with Crippen LogP contribution >= 0.6 is 22.3 Å². The lowest BCUT2D eigenvalue weighted by Gasteiger charge is -2.07. The Hall–Kier alpha value is -1.70. The molecule has 0 aliphatic heterocycles. The zero-order chi connectivity index (χ0) is 15.6. The van der Waals surface area contributed by atoms with Gasteiger partial charge < -0.3 is 5.32 Å². The Balaban J connectivity index is 2.27. The van der Waals surface area contributed by atoms with E-state index < -0.39 is 20.8 Å². The van der Waals surface area contributed by atoms with Crippen molar-refractivity contribution < 1.29 is 17.6 Å². The number of benzene rings is 1.